The molecule has 1 N–H and O–H groups in total. The molecular weight excluding hydrogens is 396 g/mol. The Balaban J connectivity index is 1.69. The first-order chi connectivity index (χ1) is 14.5. The number of amides is 1. The molecule has 1 aliphatic heterocycles. The van der Waals surface area contributed by atoms with Crippen molar-refractivity contribution in [3.8, 4) is 22.9 Å². The number of methoxy groups -OCH3 is 1. The maximum Gasteiger partial charge on any atom is 0.286 e. The number of aryl methyl sites for hydroxylation is 1. The van der Waals surface area contributed by atoms with Gasteiger partial charge in [-0.2, -0.15) is 4.68 Å². The minimum Gasteiger partial charge on any atom is -0.494 e. The average Bonchev–Trinajstić information content (AvgIpc) is 3.18. The first-order valence-corrected chi connectivity index (χ1v) is 8.80. The van der Waals surface area contributed by atoms with Gasteiger partial charge in [-0.3, -0.25) is 14.9 Å². The van der Waals surface area contributed by atoms with Crippen molar-refractivity contribution in [2.45, 2.75) is 6.92 Å². The number of benzene rings is 2. The molecule has 1 aromatic heterocycles. The molecule has 30 heavy (non-hydrogen) atoms. The Bertz CT molecular complexity index is 1140. The van der Waals surface area contributed by atoms with Gasteiger partial charge in [-0.1, -0.05) is 0 Å². The number of nitro groups is 1. The van der Waals surface area contributed by atoms with Crippen molar-refractivity contribution in [2.75, 3.05) is 25.6 Å². The normalized spacial score (nSPS) is 12.3. The van der Waals surface area contributed by atoms with Crippen LogP contribution in [-0.2, 0) is 0 Å². The van der Waals surface area contributed by atoms with Gasteiger partial charge in [0.05, 0.1) is 18.1 Å². The van der Waals surface area contributed by atoms with Crippen LogP contribution in [0, 0.1) is 17.0 Å². The molecule has 154 valence electrons. The van der Waals surface area contributed by atoms with Gasteiger partial charge in [0.1, 0.15) is 30.2 Å². The van der Waals surface area contributed by atoms with Gasteiger partial charge in [0.15, 0.2) is 17.3 Å². The monoisotopic (exact) mass is 412 g/mol. The summed E-state index contributed by atoms with van der Waals surface area (Å²) in [5.74, 6) is 0.818. The quantitative estimate of drug-likeness (QED) is 0.491. The Labute approximate surface area is 169 Å². The summed E-state index contributed by atoms with van der Waals surface area (Å²) in [7, 11) is 1.50. The van der Waals surface area contributed by atoms with Crippen molar-refractivity contribution in [2.24, 2.45) is 0 Å². The number of hydrogen-bond donors (Lipinski definition) is 1. The van der Waals surface area contributed by atoms with Crippen LogP contribution in [0.15, 0.2) is 30.3 Å². The van der Waals surface area contributed by atoms with Crippen LogP contribution in [0.1, 0.15) is 16.2 Å². The van der Waals surface area contributed by atoms with Crippen LogP contribution in [0.5, 0.6) is 17.2 Å². The molecule has 1 aliphatic rings. The number of aromatic nitrogens is 4. The van der Waals surface area contributed by atoms with Crippen LogP contribution in [0.3, 0.4) is 0 Å². The molecule has 3 aromatic rings. The molecule has 2 heterocycles. The van der Waals surface area contributed by atoms with E-state index in [-0.39, 0.29) is 29.4 Å². The largest absolute Gasteiger partial charge is 0.494 e. The van der Waals surface area contributed by atoms with E-state index in [2.05, 4.69) is 20.8 Å². The fourth-order valence-corrected chi connectivity index (χ4v) is 3.00. The van der Waals surface area contributed by atoms with E-state index in [1.807, 2.05) is 0 Å². The first-order valence-electron chi connectivity index (χ1n) is 8.80. The Morgan fingerprint density at radius 3 is 2.60 bits per heavy atom. The summed E-state index contributed by atoms with van der Waals surface area (Å²) >= 11 is 0. The highest BCUT2D eigenvalue weighted by Gasteiger charge is 2.26. The number of nitrogens with zero attached hydrogens (tertiary/aromatic N) is 5. The van der Waals surface area contributed by atoms with Crippen molar-refractivity contribution in [1.29, 1.82) is 0 Å². The highest BCUT2D eigenvalue weighted by atomic mass is 16.6. The van der Waals surface area contributed by atoms with Crippen LogP contribution in [0.2, 0.25) is 0 Å². The van der Waals surface area contributed by atoms with Gasteiger partial charge in [-0.15, -0.1) is 5.10 Å². The van der Waals surface area contributed by atoms with Crippen LogP contribution >= 0.6 is 0 Å². The van der Waals surface area contributed by atoms with Crippen molar-refractivity contribution in [1.82, 2.24) is 20.2 Å². The molecule has 0 unspecified atom stereocenters. The second-order valence-corrected chi connectivity index (χ2v) is 6.25. The smallest absolute Gasteiger partial charge is 0.286 e. The third kappa shape index (κ3) is 3.45. The van der Waals surface area contributed by atoms with Gasteiger partial charge < -0.3 is 19.5 Å². The molecule has 0 fully saturated rings. The number of tetrazole rings is 1. The Morgan fingerprint density at radius 1 is 1.23 bits per heavy atom. The van der Waals surface area contributed by atoms with Crippen molar-refractivity contribution < 1.29 is 23.9 Å². The van der Waals surface area contributed by atoms with Crippen molar-refractivity contribution in [3.63, 3.8) is 0 Å². The lowest BCUT2D eigenvalue weighted by Crippen LogP contribution is -2.18. The zero-order valence-corrected chi connectivity index (χ0v) is 16.0. The van der Waals surface area contributed by atoms with Crippen molar-refractivity contribution in [3.05, 3.63) is 51.8 Å². The zero-order chi connectivity index (χ0) is 21.3. The predicted octanol–water partition coefficient (Wildman–Crippen LogP) is 1.91. The number of nitrogens with one attached hydrogen (secondary N) is 1. The zero-order valence-electron chi connectivity index (χ0n) is 16.0. The van der Waals surface area contributed by atoms with E-state index in [0.29, 0.717) is 29.6 Å². The van der Waals surface area contributed by atoms with E-state index in [1.165, 1.54) is 23.9 Å². The van der Waals surface area contributed by atoms with E-state index in [0.717, 1.165) is 0 Å². The fraction of sp³-hybridized carbons (Fsp3) is 0.222. The van der Waals surface area contributed by atoms with Gasteiger partial charge in [-0.25, -0.2) is 0 Å². The van der Waals surface area contributed by atoms with Crippen LogP contribution in [0.4, 0.5) is 11.4 Å². The number of rotatable bonds is 5. The summed E-state index contributed by atoms with van der Waals surface area (Å²) in [6, 6.07) is 7.32. The lowest BCUT2D eigenvalue weighted by molar-refractivity contribution is -0.385. The number of nitro benzene ring substituents is 1. The SMILES string of the molecule is COc1ccc(NC(=O)c2cc3c(cc2[N+](=O)[O-])OCCO3)cc1-n1nnnc1C. The van der Waals surface area contributed by atoms with Gasteiger partial charge in [0.2, 0.25) is 0 Å². The van der Waals surface area contributed by atoms with E-state index in [4.69, 9.17) is 14.2 Å². The van der Waals surface area contributed by atoms with E-state index >= 15 is 0 Å². The fourth-order valence-electron chi connectivity index (χ4n) is 3.00. The molecule has 0 bridgehead atoms. The van der Waals surface area contributed by atoms with E-state index in [9.17, 15) is 14.9 Å². The van der Waals surface area contributed by atoms with Gasteiger partial charge in [-0.05, 0) is 35.5 Å². The highest BCUT2D eigenvalue weighted by Crippen LogP contribution is 2.37. The van der Waals surface area contributed by atoms with Gasteiger partial charge >= 0.3 is 0 Å². The number of anilines is 1. The van der Waals surface area contributed by atoms with Crippen LogP contribution < -0.4 is 19.5 Å². The molecule has 12 nitrogen and oxygen atoms in total. The first kappa shape index (κ1) is 19.1. The van der Waals surface area contributed by atoms with Crippen LogP contribution in [-0.4, -0.2) is 51.4 Å². The summed E-state index contributed by atoms with van der Waals surface area (Å²) < 4.78 is 17.6. The third-order valence-electron chi connectivity index (χ3n) is 4.39. The molecule has 0 aliphatic carbocycles. The lowest BCUT2D eigenvalue weighted by Gasteiger charge is -2.19. The molecule has 1 amide bonds. The van der Waals surface area contributed by atoms with E-state index < -0.39 is 10.8 Å². The summed E-state index contributed by atoms with van der Waals surface area (Å²) in [5, 5.41) is 25.5. The number of hydrogen-bond acceptors (Lipinski definition) is 9. The molecule has 0 saturated carbocycles. The van der Waals surface area contributed by atoms with Gasteiger partial charge in [0.25, 0.3) is 11.6 Å². The van der Waals surface area contributed by atoms with Crippen LogP contribution in [0.25, 0.3) is 5.69 Å². The maximum absolute atomic E-state index is 12.9. The minimum absolute atomic E-state index is 0.153. The molecular formula is C18H16N6O6. The number of carbonyl (C=O) groups excluding carboxylic acids is 1. The lowest BCUT2D eigenvalue weighted by atomic mass is 10.1. The number of ether oxygens (including phenoxy) is 3. The topological polar surface area (TPSA) is 144 Å². The summed E-state index contributed by atoms with van der Waals surface area (Å²) in [5.41, 5.74) is 0.325. The highest BCUT2D eigenvalue weighted by molar-refractivity contribution is 6.07. The standard InChI is InChI=1S/C18H16N6O6/c1-10-20-21-22-23(10)14-7-11(3-4-15(14)28-2)19-18(25)12-8-16-17(30-6-5-29-16)9-13(12)24(26)27/h3-4,7-9H,5-6H2,1-2H3,(H,19,25). The number of carbonyl (C=O) groups is 1. The molecule has 2 aromatic carbocycles. The maximum atomic E-state index is 12.9. The molecule has 12 heteroatoms. The summed E-state index contributed by atoms with van der Waals surface area (Å²) in [6.07, 6.45) is 0. The van der Waals surface area contributed by atoms with Crippen molar-refractivity contribution >= 4 is 17.3 Å². The Morgan fingerprint density at radius 2 is 1.97 bits per heavy atom. The molecule has 0 saturated heterocycles. The predicted molar refractivity (Wildman–Crippen MR) is 102 cm³/mol. The molecule has 4 rings (SSSR count). The number of fused-ring (bicyclic) bond motifs is 1. The minimum atomic E-state index is -0.678. The second-order valence-electron chi connectivity index (χ2n) is 6.25. The Hall–Kier alpha value is -4.22. The molecule has 0 radical (unpaired) electrons. The Kier molecular flexibility index (Phi) is 4.88. The van der Waals surface area contributed by atoms with Gasteiger partial charge in [0, 0.05) is 11.8 Å². The second kappa shape index (κ2) is 7.66. The third-order valence-corrected chi connectivity index (χ3v) is 4.39. The average molecular weight is 412 g/mol. The summed E-state index contributed by atoms with van der Waals surface area (Å²) in [6.45, 7) is 2.28. The van der Waals surface area contributed by atoms with E-state index in [1.54, 1.807) is 25.1 Å². The summed E-state index contributed by atoms with van der Waals surface area (Å²) in [4.78, 5) is 23.7. The molecule has 0 spiro atoms. The molecule has 0 atom stereocenters.